The largest absolute Gasteiger partial charge is 0.510 e. The van der Waals surface area contributed by atoms with Crippen molar-refractivity contribution >= 4 is 28.4 Å². The summed E-state index contributed by atoms with van der Waals surface area (Å²) in [7, 11) is 0. The van der Waals surface area contributed by atoms with Gasteiger partial charge in [0, 0.05) is 0 Å². The van der Waals surface area contributed by atoms with Gasteiger partial charge in [-0.15, -0.1) is 0 Å². The molecule has 1 aromatic carbocycles. The lowest BCUT2D eigenvalue weighted by Crippen LogP contribution is -2.34. The van der Waals surface area contributed by atoms with Crippen LogP contribution in [0.25, 0.3) is 0 Å². The standard InChI is InChI=1S/C6H4BBrF3/c8-6-4-2-1-3-5(6)7(9,10)11/h1-4H/q-1. The van der Waals surface area contributed by atoms with Gasteiger partial charge in [-0.1, -0.05) is 45.7 Å². The molecule has 0 aliphatic rings. The lowest BCUT2D eigenvalue weighted by atomic mass is 9.80. The van der Waals surface area contributed by atoms with E-state index in [1.165, 1.54) is 12.1 Å². The van der Waals surface area contributed by atoms with Gasteiger partial charge >= 0.3 is 6.98 Å². The normalized spacial score (nSPS) is 11.6. The van der Waals surface area contributed by atoms with E-state index in [4.69, 9.17) is 0 Å². The molecule has 0 radical (unpaired) electrons. The van der Waals surface area contributed by atoms with Gasteiger partial charge in [0.15, 0.2) is 0 Å². The van der Waals surface area contributed by atoms with Crippen molar-refractivity contribution in [2.75, 3.05) is 0 Å². The Bertz CT molecular complexity index is 258. The molecule has 0 heterocycles. The summed E-state index contributed by atoms with van der Waals surface area (Å²) in [4.78, 5) is 0. The molecule has 0 atom stereocenters. The molecule has 0 aliphatic heterocycles. The molecule has 0 amide bonds. The van der Waals surface area contributed by atoms with E-state index in [9.17, 15) is 12.9 Å². The monoisotopic (exact) mass is 223 g/mol. The SMILES string of the molecule is F[B-](F)(F)c1ccccc1Br. The first-order valence-corrected chi connectivity index (χ1v) is 3.75. The van der Waals surface area contributed by atoms with Crippen LogP contribution in [0.3, 0.4) is 0 Å². The molecule has 0 N–H and O–H groups in total. The average molecular weight is 224 g/mol. The van der Waals surface area contributed by atoms with Gasteiger partial charge in [-0.25, -0.2) is 0 Å². The van der Waals surface area contributed by atoms with E-state index >= 15 is 0 Å². The van der Waals surface area contributed by atoms with Crippen LogP contribution in [-0.4, -0.2) is 6.98 Å². The van der Waals surface area contributed by atoms with Crippen LogP contribution in [0.5, 0.6) is 0 Å². The highest BCUT2D eigenvalue weighted by Gasteiger charge is 2.26. The molecule has 1 rings (SSSR count). The Hall–Kier alpha value is -0.445. The maximum atomic E-state index is 12.1. The zero-order valence-electron chi connectivity index (χ0n) is 5.40. The Labute approximate surface area is 70.6 Å². The first-order chi connectivity index (χ1) is 5.02. The molecule has 60 valence electrons. The van der Waals surface area contributed by atoms with E-state index < -0.39 is 12.4 Å². The zero-order valence-corrected chi connectivity index (χ0v) is 6.98. The Morgan fingerprint density at radius 2 is 1.64 bits per heavy atom. The Morgan fingerprint density at radius 1 is 1.09 bits per heavy atom. The van der Waals surface area contributed by atoms with Crippen molar-refractivity contribution in [3.63, 3.8) is 0 Å². The van der Waals surface area contributed by atoms with Gasteiger partial charge in [-0.3, -0.25) is 0 Å². The van der Waals surface area contributed by atoms with Crippen molar-refractivity contribution < 1.29 is 12.9 Å². The smallest absolute Gasteiger partial charge is 0.445 e. The van der Waals surface area contributed by atoms with Gasteiger partial charge in [0.1, 0.15) is 0 Å². The van der Waals surface area contributed by atoms with Crippen LogP contribution in [0.15, 0.2) is 28.7 Å². The molecule has 0 unspecified atom stereocenters. The van der Waals surface area contributed by atoms with Crippen LogP contribution in [-0.2, 0) is 0 Å². The second-order valence-corrected chi connectivity index (χ2v) is 2.95. The summed E-state index contributed by atoms with van der Waals surface area (Å²) in [5.41, 5.74) is -0.576. The number of hydrogen-bond acceptors (Lipinski definition) is 0. The van der Waals surface area contributed by atoms with Crippen LogP contribution in [0, 0.1) is 0 Å². The predicted octanol–water partition coefficient (Wildman–Crippen LogP) is 2.50. The minimum atomic E-state index is -4.88. The van der Waals surface area contributed by atoms with E-state index in [0.29, 0.717) is 0 Å². The second kappa shape index (κ2) is 2.89. The fourth-order valence-electron chi connectivity index (χ4n) is 0.741. The number of hydrogen-bond donors (Lipinski definition) is 0. The van der Waals surface area contributed by atoms with Crippen LogP contribution >= 0.6 is 15.9 Å². The van der Waals surface area contributed by atoms with Crippen molar-refractivity contribution in [2.24, 2.45) is 0 Å². The molecule has 0 bridgehead atoms. The fraction of sp³-hybridized carbons (Fsp3) is 0. The summed E-state index contributed by atoms with van der Waals surface area (Å²) >= 11 is 2.83. The summed E-state index contributed by atoms with van der Waals surface area (Å²) in [6, 6.07) is 5.36. The highest BCUT2D eigenvalue weighted by Crippen LogP contribution is 2.15. The number of rotatable bonds is 1. The zero-order chi connectivity index (χ0) is 8.48. The van der Waals surface area contributed by atoms with Gasteiger partial charge in [0.25, 0.3) is 0 Å². The van der Waals surface area contributed by atoms with Crippen molar-refractivity contribution in [1.29, 1.82) is 0 Å². The highest BCUT2D eigenvalue weighted by molar-refractivity contribution is 9.10. The van der Waals surface area contributed by atoms with Gasteiger partial charge in [0.2, 0.25) is 0 Å². The first-order valence-electron chi connectivity index (χ1n) is 2.96. The summed E-state index contributed by atoms with van der Waals surface area (Å²) in [5, 5.41) is 0. The molecule has 0 aliphatic carbocycles. The molecule has 11 heavy (non-hydrogen) atoms. The quantitative estimate of drug-likeness (QED) is 0.642. The van der Waals surface area contributed by atoms with Crippen molar-refractivity contribution in [2.45, 2.75) is 0 Å². The molecule has 1 aromatic rings. The topological polar surface area (TPSA) is 0 Å². The van der Waals surface area contributed by atoms with Gasteiger partial charge in [0.05, 0.1) is 0 Å². The molecule has 0 saturated heterocycles. The minimum absolute atomic E-state index is 0.104. The van der Waals surface area contributed by atoms with E-state index in [2.05, 4.69) is 15.9 Å². The third-order valence-electron chi connectivity index (χ3n) is 1.26. The maximum absolute atomic E-state index is 12.1. The lowest BCUT2D eigenvalue weighted by molar-refractivity contribution is 0.500. The minimum Gasteiger partial charge on any atom is -0.445 e. The summed E-state index contributed by atoms with van der Waals surface area (Å²) < 4.78 is 36.3. The summed E-state index contributed by atoms with van der Waals surface area (Å²) in [6.07, 6.45) is 0. The summed E-state index contributed by atoms with van der Waals surface area (Å²) in [5.74, 6) is 0. The van der Waals surface area contributed by atoms with Crippen LogP contribution < -0.4 is 5.46 Å². The van der Waals surface area contributed by atoms with Crippen LogP contribution in [0.1, 0.15) is 0 Å². The van der Waals surface area contributed by atoms with Crippen LogP contribution in [0.2, 0.25) is 0 Å². The second-order valence-electron chi connectivity index (χ2n) is 2.10. The summed E-state index contributed by atoms with van der Waals surface area (Å²) in [6.45, 7) is -4.88. The lowest BCUT2D eigenvalue weighted by Gasteiger charge is -2.15. The van der Waals surface area contributed by atoms with Crippen molar-refractivity contribution in [1.82, 2.24) is 0 Å². The van der Waals surface area contributed by atoms with E-state index in [-0.39, 0.29) is 4.47 Å². The van der Waals surface area contributed by atoms with Crippen molar-refractivity contribution in [3.8, 4) is 0 Å². The number of halogens is 4. The molecule has 0 nitrogen and oxygen atoms in total. The average Bonchev–Trinajstić information content (AvgIpc) is 1.86. The molecular weight excluding hydrogens is 220 g/mol. The molecule has 5 heteroatoms. The molecule has 0 spiro atoms. The first kappa shape index (κ1) is 8.65. The molecule has 0 fully saturated rings. The Morgan fingerprint density at radius 3 is 2.00 bits per heavy atom. The number of benzene rings is 1. The van der Waals surface area contributed by atoms with Crippen LogP contribution in [0.4, 0.5) is 12.9 Å². The predicted molar refractivity (Wildman–Crippen MR) is 42.9 cm³/mol. The van der Waals surface area contributed by atoms with E-state index in [0.717, 1.165) is 6.07 Å². The third-order valence-corrected chi connectivity index (χ3v) is 1.98. The molecule has 0 saturated carbocycles. The highest BCUT2D eigenvalue weighted by atomic mass is 79.9. The fourth-order valence-corrected chi connectivity index (χ4v) is 1.28. The van der Waals surface area contributed by atoms with Gasteiger partial charge in [-0.05, 0) is 4.47 Å². The maximum Gasteiger partial charge on any atom is 0.510 e. The van der Waals surface area contributed by atoms with Gasteiger partial charge in [-0.2, -0.15) is 0 Å². The van der Waals surface area contributed by atoms with Gasteiger partial charge < -0.3 is 12.9 Å². The van der Waals surface area contributed by atoms with E-state index in [1.807, 2.05) is 0 Å². The molecule has 0 aromatic heterocycles. The van der Waals surface area contributed by atoms with Crippen molar-refractivity contribution in [3.05, 3.63) is 28.7 Å². The molecular formula is C6H4BBrF3-. The third kappa shape index (κ3) is 1.99. The Balaban J connectivity index is 3.14. The van der Waals surface area contributed by atoms with E-state index in [1.54, 1.807) is 6.07 Å². The Kier molecular flexibility index (Phi) is 2.27.